The van der Waals surface area contributed by atoms with Crippen LogP contribution < -0.4 is 14.0 Å². The third-order valence-corrected chi connectivity index (χ3v) is 2.28. The SMILES string of the molecule is CC[N+](C)(C)c1nc(OC)nc(OC)n1. The predicted molar refractivity (Wildman–Crippen MR) is 57.1 cm³/mol. The molecule has 1 heterocycles. The van der Waals surface area contributed by atoms with Gasteiger partial charge in [-0.3, -0.25) is 4.48 Å². The Labute approximate surface area is 89.5 Å². The molecule has 0 unspecified atom stereocenters. The van der Waals surface area contributed by atoms with Crippen LogP contribution in [0.2, 0.25) is 0 Å². The fourth-order valence-electron chi connectivity index (χ4n) is 0.923. The van der Waals surface area contributed by atoms with Gasteiger partial charge in [0.25, 0.3) is 0 Å². The molecule has 0 saturated carbocycles. The molecule has 1 rings (SSSR count). The van der Waals surface area contributed by atoms with Gasteiger partial charge in [0.05, 0.1) is 34.9 Å². The van der Waals surface area contributed by atoms with Crippen LogP contribution in [0.3, 0.4) is 0 Å². The summed E-state index contributed by atoms with van der Waals surface area (Å²) < 4.78 is 10.5. The normalized spacial score (nSPS) is 11.3. The number of methoxy groups -OCH3 is 2. The molecule has 0 aromatic carbocycles. The summed E-state index contributed by atoms with van der Waals surface area (Å²) in [5.41, 5.74) is 0. The number of rotatable bonds is 4. The van der Waals surface area contributed by atoms with E-state index in [0.717, 1.165) is 6.54 Å². The van der Waals surface area contributed by atoms with E-state index in [9.17, 15) is 0 Å². The average Bonchev–Trinajstić information content (AvgIpc) is 2.28. The first kappa shape index (κ1) is 11.6. The van der Waals surface area contributed by atoms with Crippen LogP contribution in [0.15, 0.2) is 0 Å². The van der Waals surface area contributed by atoms with Crippen LogP contribution in [0, 0.1) is 0 Å². The highest BCUT2D eigenvalue weighted by Gasteiger charge is 2.23. The van der Waals surface area contributed by atoms with E-state index in [1.165, 1.54) is 14.2 Å². The fourth-order valence-corrected chi connectivity index (χ4v) is 0.923. The molecule has 0 amide bonds. The molecular formula is C9H17N4O2+. The summed E-state index contributed by atoms with van der Waals surface area (Å²) in [6, 6.07) is 0.549. The molecule has 0 aliphatic heterocycles. The fraction of sp³-hybridized carbons (Fsp3) is 0.667. The Balaban J connectivity index is 3.18. The van der Waals surface area contributed by atoms with E-state index in [1.54, 1.807) is 0 Å². The zero-order valence-electron chi connectivity index (χ0n) is 9.81. The van der Waals surface area contributed by atoms with Gasteiger partial charge in [-0.1, -0.05) is 0 Å². The zero-order valence-corrected chi connectivity index (χ0v) is 9.81. The maximum Gasteiger partial charge on any atom is 0.337 e. The van der Waals surface area contributed by atoms with E-state index in [-0.39, 0.29) is 12.0 Å². The van der Waals surface area contributed by atoms with Crippen molar-refractivity contribution in [3.63, 3.8) is 0 Å². The van der Waals surface area contributed by atoms with Crippen LogP contribution in [0.5, 0.6) is 12.0 Å². The van der Waals surface area contributed by atoms with Crippen molar-refractivity contribution in [3.05, 3.63) is 0 Å². The molecule has 84 valence electrons. The van der Waals surface area contributed by atoms with Gasteiger partial charge in [0.1, 0.15) is 0 Å². The van der Waals surface area contributed by atoms with E-state index in [4.69, 9.17) is 9.47 Å². The Morgan fingerprint density at radius 2 is 1.47 bits per heavy atom. The lowest BCUT2D eigenvalue weighted by molar-refractivity contribution is 0.321. The van der Waals surface area contributed by atoms with E-state index >= 15 is 0 Å². The second-order valence-electron chi connectivity index (χ2n) is 3.61. The summed E-state index contributed by atoms with van der Waals surface area (Å²) in [5, 5.41) is 0. The molecule has 6 nitrogen and oxygen atoms in total. The van der Waals surface area contributed by atoms with Gasteiger partial charge in [-0.25, -0.2) is 0 Å². The first-order valence-electron chi connectivity index (χ1n) is 4.71. The lowest BCUT2D eigenvalue weighted by atomic mass is 10.5. The summed E-state index contributed by atoms with van der Waals surface area (Å²) in [6.45, 7) is 2.93. The van der Waals surface area contributed by atoms with E-state index < -0.39 is 0 Å². The van der Waals surface area contributed by atoms with Crippen LogP contribution in [0.1, 0.15) is 6.92 Å². The molecule has 0 bridgehead atoms. The third kappa shape index (κ3) is 2.53. The minimum Gasteiger partial charge on any atom is -0.466 e. The minimum absolute atomic E-state index is 0.275. The molecule has 0 radical (unpaired) electrons. The second-order valence-corrected chi connectivity index (χ2v) is 3.61. The summed E-state index contributed by atoms with van der Waals surface area (Å²) in [6.07, 6.45) is 0. The maximum atomic E-state index is 4.98. The van der Waals surface area contributed by atoms with Crippen molar-refractivity contribution in [2.24, 2.45) is 0 Å². The molecule has 6 heteroatoms. The smallest absolute Gasteiger partial charge is 0.337 e. The van der Waals surface area contributed by atoms with Crippen LogP contribution in [-0.4, -0.2) is 49.8 Å². The summed E-state index contributed by atoms with van der Waals surface area (Å²) >= 11 is 0. The predicted octanol–water partition coefficient (Wildman–Crippen LogP) is 0.476. The van der Waals surface area contributed by atoms with Crippen LogP contribution in [0.25, 0.3) is 0 Å². The molecule has 15 heavy (non-hydrogen) atoms. The molecule has 0 aliphatic rings. The molecule has 1 aromatic rings. The molecule has 0 fully saturated rings. The van der Waals surface area contributed by atoms with Gasteiger partial charge < -0.3 is 9.47 Å². The number of nitrogens with zero attached hydrogens (tertiary/aromatic N) is 4. The highest BCUT2D eigenvalue weighted by Crippen LogP contribution is 2.18. The largest absolute Gasteiger partial charge is 0.466 e. The van der Waals surface area contributed by atoms with E-state index in [2.05, 4.69) is 21.9 Å². The third-order valence-electron chi connectivity index (χ3n) is 2.28. The molecule has 1 aromatic heterocycles. The van der Waals surface area contributed by atoms with Crippen molar-refractivity contribution >= 4 is 5.95 Å². The highest BCUT2D eigenvalue weighted by molar-refractivity contribution is 5.26. The summed E-state index contributed by atoms with van der Waals surface area (Å²) in [7, 11) is 7.05. The van der Waals surface area contributed by atoms with Crippen molar-refractivity contribution in [1.82, 2.24) is 19.4 Å². The topological polar surface area (TPSA) is 57.1 Å². The van der Waals surface area contributed by atoms with Crippen molar-refractivity contribution < 1.29 is 9.47 Å². The standard InChI is InChI=1S/C9H17N4O2/c1-6-13(2,3)7-10-8(14-4)12-9(11-7)15-5/h6H2,1-5H3/q+1. The molecule has 0 spiro atoms. The van der Waals surface area contributed by atoms with Crippen LogP contribution in [0.4, 0.5) is 5.95 Å². The van der Waals surface area contributed by atoms with Crippen molar-refractivity contribution in [2.75, 3.05) is 34.9 Å². The van der Waals surface area contributed by atoms with Crippen molar-refractivity contribution in [1.29, 1.82) is 0 Å². The van der Waals surface area contributed by atoms with Crippen LogP contribution in [-0.2, 0) is 0 Å². The number of hydrogen-bond acceptors (Lipinski definition) is 5. The van der Waals surface area contributed by atoms with Gasteiger partial charge in [-0.05, 0) is 6.92 Å². The van der Waals surface area contributed by atoms with Gasteiger partial charge in [0, 0.05) is 0 Å². The summed E-state index contributed by atoms with van der Waals surface area (Å²) in [4.78, 5) is 12.3. The molecule has 0 aliphatic carbocycles. The molecule has 0 saturated heterocycles. The van der Waals surface area contributed by atoms with Gasteiger partial charge >= 0.3 is 18.0 Å². The number of hydrogen-bond donors (Lipinski definition) is 0. The Kier molecular flexibility index (Phi) is 3.41. The Bertz CT molecular complexity index is 319. The van der Waals surface area contributed by atoms with Crippen molar-refractivity contribution in [2.45, 2.75) is 6.92 Å². The summed E-state index contributed by atoms with van der Waals surface area (Å²) in [5.74, 6) is 0.626. The minimum atomic E-state index is 0.275. The van der Waals surface area contributed by atoms with Gasteiger partial charge in [0.15, 0.2) is 0 Å². The van der Waals surface area contributed by atoms with Crippen molar-refractivity contribution in [3.8, 4) is 12.0 Å². The molecule has 0 N–H and O–H groups in total. The highest BCUT2D eigenvalue weighted by atomic mass is 16.5. The van der Waals surface area contributed by atoms with Crippen LogP contribution >= 0.6 is 0 Å². The Morgan fingerprint density at radius 1 is 1.00 bits per heavy atom. The molecule has 0 atom stereocenters. The monoisotopic (exact) mass is 213 g/mol. The first-order valence-corrected chi connectivity index (χ1v) is 4.71. The Hall–Kier alpha value is -1.43. The lowest BCUT2D eigenvalue weighted by Crippen LogP contribution is -2.41. The number of ether oxygens (including phenoxy) is 2. The Morgan fingerprint density at radius 3 is 1.80 bits per heavy atom. The van der Waals surface area contributed by atoms with Gasteiger partial charge in [-0.2, -0.15) is 0 Å². The quantitative estimate of drug-likeness (QED) is 0.681. The lowest BCUT2D eigenvalue weighted by Gasteiger charge is -2.24. The van der Waals surface area contributed by atoms with Gasteiger partial charge in [0.2, 0.25) is 0 Å². The number of aromatic nitrogens is 3. The second kappa shape index (κ2) is 4.39. The van der Waals surface area contributed by atoms with E-state index in [1.807, 2.05) is 14.1 Å². The van der Waals surface area contributed by atoms with Gasteiger partial charge in [-0.15, -0.1) is 15.0 Å². The molecular weight excluding hydrogens is 196 g/mol. The first-order chi connectivity index (χ1) is 7.03. The maximum absolute atomic E-state index is 4.98. The van der Waals surface area contributed by atoms with E-state index in [0.29, 0.717) is 10.4 Å². The zero-order chi connectivity index (χ0) is 11.5. The average molecular weight is 213 g/mol. The number of quaternary nitrogens is 1.